The molecule has 0 saturated carbocycles. The molecule has 2 rings (SSSR count). The number of nitrogens with two attached hydrogens (primary N) is 1. The molecule has 0 bridgehead atoms. The molecule has 0 saturated heterocycles. The summed E-state index contributed by atoms with van der Waals surface area (Å²) in [5.41, 5.74) is 12.0. The van der Waals surface area contributed by atoms with Gasteiger partial charge in [0, 0.05) is 28.3 Å². The summed E-state index contributed by atoms with van der Waals surface area (Å²) in [6.07, 6.45) is 0. The van der Waals surface area contributed by atoms with Gasteiger partial charge < -0.3 is 5.73 Å². The second-order valence-electron chi connectivity index (χ2n) is 5.71. The Morgan fingerprint density at radius 2 is 1.67 bits per heavy atom. The summed E-state index contributed by atoms with van der Waals surface area (Å²) < 4.78 is 12.4. The second kappa shape index (κ2) is 7.01. The van der Waals surface area contributed by atoms with Crippen LogP contribution in [0.15, 0.2) is 42.5 Å². The topological polar surface area (TPSA) is 43.1 Å². The van der Waals surface area contributed by atoms with E-state index in [1.165, 1.54) is 11.1 Å². The van der Waals surface area contributed by atoms with Crippen LogP contribution in [0.25, 0.3) is 0 Å². The van der Waals surface area contributed by atoms with E-state index < -0.39 is 10.8 Å². The van der Waals surface area contributed by atoms with Crippen molar-refractivity contribution in [1.29, 1.82) is 0 Å². The summed E-state index contributed by atoms with van der Waals surface area (Å²) in [5, 5.41) is 0. The molecule has 0 aliphatic rings. The Balaban J connectivity index is 2.03. The Kier molecular flexibility index (Phi) is 5.32. The Labute approximate surface area is 129 Å². The van der Waals surface area contributed by atoms with Crippen LogP contribution in [0.4, 0.5) is 0 Å². The van der Waals surface area contributed by atoms with E-state index in [0.717, 1.165) is 16.7 Å². The number of hydrogen-bond donors (Lipinski definition) is 1. The molecule has 2 atom stereocenters. The van der Waals surface area contributed by atoms with Gasteiger partial charge in [-0.2, -0.15) is 0 Å². The molecule has 0 fully saturated rings. The smallest absolute Gasteiger partial charge is 0.0486 e. The summed E-state index contributed by atoms with van der Waals surface area (Å²) in [4.78, 5) is 0. The summed E-state index contributed by atoms with van der Waals surface area (Å²) in [6, 6.07) is 14.2. The number of aryl methyl sites for hydroxylation is 3. The highest BCUT2D eigenvalue weighted by atomic mass is 32.2. The predicted octanol–water partition coefficient (Wildman–Crippen LogP) is 3.56. The minimum atomic E-state index is -0.951. The van der Waals surface area contributed by atoms with E-state index in [2.05, 4.69) is 32.0 Å². The maximum atomic E-state index is 12.4. The first-order valence-corrected chi connectivity index (χ1v) is 8.68. The van der Waals surface area contributed by atoms with Gasteiger partial charge in [0.1, 0.15) is 0 Å². The third kappa shape index (κ3) is 4.51. The highest BCUT2D eigenvalue weighted by Gasteiger charge is 2.13. The van der Waals surface area contributed by atoms with E-state index in [1.54, 1.807) is 0 Å². The normalized spacial score (nSPS) is 13.9. The van der Waals surface area contributed by atoms with E-state index in [9.17, 15) is 4.21 Å². The van der Waals surface area contributed by atoms with Gasteiger partial charge in [0.25, 0.3) is 0 Å². The Morgan fingerprint density at radius 3 is 2.29 bits per heavy atom. The first-order valence-electron chi connectivity index (χ1n) is 7.19. The molecule has 2 unspecified atom stereocenters. The largest absolute Gasteiger partial charge is 0.323 e. The zero-order chi connectivity index (χ0) is 15.4. The molecule has 0 radical (unpaired) electrons. The van der Waals surface area contributed by atoms with Crippen LogP contribution in [-0.4, -0.2) is 9.96 Å². The summed E-state index contributed by atoms with van der Waals surface area (Å²) in [7, 11) is -0.951. The zero-order valence-electron chi connectivity index (χ0n) is 12.9. The summed E-state index contributed by atoms with van der Waals surface area (Å²) >= 11 is 0. The van der Waals surface area contributed by atoms with Gasteiger partial charge in [-0.25, -0.2) is 0 Å². The van der Waals surface area contributed by atoms with Gasteiger partial charge in [-0.3, -0.25) is 4.21 Å². The molecule has 0 heterocycles. The Hall–Kier alpha value is -1.45. The molecule has 0 aliphatic carbocycles. The van der Waals surface area contributed by atoms with E-state index in [1.807, 2.05) is 31.2 Å². The Bertz CT molecular complexity index is 631. The second-order valence-corrected chi connectivity index (χ2v) is 7.21. The lowest BCUT2D eigenvalue weighted by molar-refractivity contribution is 0.674. The van der Waals surface area contributed by atoms with Crippen molar-refractivity contribution in [3.63, 3.8) is 0 Å². The fraction of sp³-hybridized carbons (Fsp3) is 0.333. The lowest BCUT2D eigenvalue weighted by Gasteiger charge is -2.14. The molecule has 112 valence electrons. The van der Waals surface area contributed by atoms with E-state index in [-0.39, 0.29) is 6.04 Å². The van der Waals surface area contributed by atoms with Crippen LogP contribution < -0.4 is 5.73 Å². The minimum absolute atomic E-state index is 0.169. The van der Waals surface area contributed by atoms with Gasteiger partial charge >= 0.3 is 0 Å². The highest BCUT2D eigenvalue weighted by molar-refractivity contribution is 7.84. The average molecular weight is 301 g/mol. The van der Waals surface area contributed by atoms with Crippen molar-refractivity contribution in [2.45, 2.75) is 32.6 Å². The fourth-order valence-corrected chi connectivity index (χ4v) is 3.93. The molecule has 3 heteroatoms. The molecule has 2 nitrogen and oxygen atoms in total. The highest BCUT2D eigenvalue weighted by Crippen LogP contribution is 2.18. The maximum absolute atomic E-state index is 12.4. The van der Waals surface area contributed by atoms with Crippen molar-refractivity contribution in [2.24, 2.45) is 5.73 Å². The van der Waals surface area contributed by atoms with E-state index in [0.29, 0.717) is 11.5 Å². The lowest BCUT2D eigenvalue weighted by Crippen LogP contribution is -2.20. The van der Waals surface area contributed by atoms with Crippen LogP contribution >= 0.6 is 0 Å². The maximum Gasteiger partial charge on any atom is 0.0486 e. The molecule has 21 heavy (non-hydrogen) atoms. The summed E-state index contributed by atoms with van der Waals surface area (Å²) in [5.74, 6) is 1.07. The molecule has 0 aromatic heterocycles. The van der Waals surface area contributed by atoms with Gasteiger partial charge in [0.05, 0.1) is 0 Å². The van der Waals surface area contributed by atoms with Crippen molar-refractivity contribution in [3.05, 3.63) is 70.3 Å². The number of hydrogen-bond acceptors (Lipinski definition) is 2. The monoisotopic (exact) mass is 301 g/mol. The third-order valence-electron chi connectivity index (χ3n) is 3.56. The molecule has 0 amide bonds. The van der Waals surface area contributed by atoms with Crippen molar-refractivity contribution < 1.29 is 4.21 Å². The van der Waals surface area contributed by atoms with Crippen LogP contribution in [-0.2, 0) is 16.6 Å². The fourth-order valence-electron chi connectivity index (χ4n) is 2.69. The van der Waals surface area contributed by atoms with Crippen LogP contribution in [0.1, 0.15) is 33.9 Å². The first kappa shape index (κ1) is 15.9. The van der Waals surface area contributed by atoms with Crippen molar-refractivity contribution in [3.8, 4) is 0 Å². The van der Waals surface area contributed by atoms with Crippen molar-refractivity contribution >= 4 is 10.8 Å². The zero-order valence-corrected chi connectivity index (χ0v) is 13.7. The summed E-state index contributed by atoms with van der Waals surface area (Å²) in [6.45, 7) is 6.18. The molecule has 0 spiro atoms. The van der Waals surface area contributed by atoms with Gasteiger partial charge in [-0.05, 0) is 37.5 Å². The molecule has 0 aliphatic heterocycles. The quantitative estimate of drug-likeness (QED) is 0.917. The van der Waals surface area contributed by atoms with Crippen LogP contribution in [0, 0.1) is 20.8 Å². The lowest BCUT2D eigenvalue weighted by atomic mass is 10.0. The third-order valence-corrected chi connectivity index (χ3v) is 4.95. The standard InChI is InChI=1S/C18H23NOS/c1-13-8-14(2)10-16(9-13)11-21(20)12-18(19)17-7-5-4-6-15(17)3/h4-10,18H,11-12,19H2,1-3H3. The van der Waals surface area contributed by atoms with Crippen LogP contribution in [0.3, 0.4) is 0 Å². The SMILES string of the molecule is Cc1cc(C)cc(CS(=O)CC(N)c2ccccc2C)c1. The van der Waals surface area contributed by atoms with Crippen molar-refractivity contribution in [1.82, 2.24) is 0 Å². The molecule has 2 aromatic rings. The van der Waals surface area contributed by atoms with Gasteiger partial charge in [-0.15, -0.1) is 0 Å². The van der Waals surface area contributed by atoms with Gasteiger partial charge in [0.15, 0.2) is 0 Å². The van der Waals surface area contributed by atoms with Crippen LogP contribution in [0.2, 0.25) is 0 Å². The van der Waals surface area contributed by atoms with Gasteiger partial charge in [-0.1, -0.05) is 53.6 Å². The van der Waals surface area contributed by atoms with E-state index in [4.69, 9.17) is 5.73 Å². The molecular formula is C18H23NOS. The molecule has 2 aromatic carbocycles. The van der Waals surface area contributed by atoms with Crippen molar-refractivity contribution in [2.75, 3.05) is 5.75 Å². The average Bonchev–Trinajstić information content (AvgIpc) is 2.37. The molecular weight excluding hydrogens is 278 g/mol. The Morgan fingerprint density at radius 1 is 1.05 bits per heavy atom. The minimum Gasteiger partial charge on any atom is -0.323 e. The number of rotatable bonds is 5. The predicted molar refractivity (Wildman–Crippen MR) is 90.7 cm³/mol. The van der Waals surface area contributed by atoms with Gasteiger partial charge in [0.2, 0.25) is 0 Å². The molecule has 2 N–H and O–H groups in total. The number of benzene rings is 2. The first-order chi connectivity index (χ1) is 9.95. The van der Waals surface area contributed by atoms with Crippen LogP contribution in [0.5, 0.6) is 0 Å². The van der Waals surface area contributed by atoms with E-state index >= 15 is 0 Å².